The van der Waals surface area contributed by atoms with Crippen molar-refractivity contribution in [2.75, 3.05) is 0 Å². The van der Waals surface area contributed by atoms with Crippen LogP contribution in [0.15, 0.2) is 12.7 Å². The smallest absolute Gasteiger partial charge is 0.303 e. The second-order valence-corrected chi connectivity index (χ2v) is 1.87. The van der Waals surface area contributed by atoms with E-state index in [2.05, 4.69) is 6.58 Å². The van der Waals surface area contributed by atoms with E-state index in [1.807, 2.05) is 0 Å². The van der Waals surface area contributed by atoms with E-state index in [0.29, 0.717) is 0 Å². The van der Waals surface area contributed by atoms with Crippen molar-refractivity contribution in [1.82, 2.24) is 0 Å². The maximum atomic E-state index is 8.88. The van der Waals surface area contributed by atoms with Crippen molar-refractivity contribution in [3.8, 4) is 6.07 Å². The van der Waals surface area contributed by atoms with E-state index in [1.54, 1.807) is 6.07 Å². The van der Waals surface area contributed by atoms with Gasteiger partial charge in [-0.3, -0.25) is 0 Å². The summed E-state index contributed by atoms with van der Waals surface area (Å²) in [6, 6.07) is 1.69. The second kappa shape index (κ2) is 13.2. The van der Waals surface area contributed by atoms with Crippen LogP contribution in [0.3, 0.4) is 0 Å². The average Bonchev–Trinajstić information content (AvgIpc) is 1.61. The van der Waals surface area contributed by atoms with E-state index < -0.39 is 7.82 Å². The van der Waals surface area contributed by atoms with Crippen LogP contribution in [0.1, 0.15) is 0 Å². The minimum atomic E-state index is -4.64. The van der Waals surface area contributed by atoms with E-state index in [9.17, 15) is 0 Å². The predicted molar refractivity (Wildman–Crippen MR) is 40.0 cm³/mol. The summed E-state index contributed by atoms with van der Waals surface area (Å²) >= 11 is 0. The van der Waals surface area contributed by atoms with Crippen molar-refractivity contribution in [2.45, 2.75) is 0 Å². The summed E-state index contributed by atoms with van der Waals surface area (Å²) in [7, 11) is -4.64. The molecule has 11 heavy (non-hydrogen) atoms. The standard InChI is InChI=1S/C3H3N.Al.H3O4P.Ti.3H/c1-2-3-4;;1-5(2,3)4;;;;/h2H,1H2;;(H3,1,2,3,4);;;;. The Morgan fingerprint density at radius 1 is 1.45 bits per heavy atom. The van der Waals surface area contributed by atoms with Gasteiger partial charge in [-0.25, -0.2) is 4.57 Å². The number of nitrogens with zero attached hydrogens (tertiary/aromatic N) is 1. The molecule has 0 radical (unpaired) electrons. The first-order chi connectivity index (χ1) is 3.91. The van der Waals surface area contributed by atoms with Gasteiger partial charge in [0.2, 0.25) is 0 Å². The van der Waals surface area contributed by atoms with Crippen LogP contribution < -0.4 is 0 Å². The molecule has 0 aliphatic rings. The van der Waals surface area contributed by atoms with Crippen molar-refractivity contribution < 1.29 is 41.0 Å². The molecule has 0 unspecified atom stereocenters. The van der Waals surface area contributed by atoms with Crippen molar-refractivity contribution in [3.63, 3.8) is 0 Å². The fourth-order valence-electron chi connectivity index (χ4n) is 0. The van der Waals surface area contributed by atoms with Crippen molar-refractivity contribution >= 4 is 25.2 Å². The van der Waals surface area contributed by atoms with Crippen LogP contribution in [-0.4, -0.2) is 32.0 Å². The molecular weight excluding hydrogens is 220 g/mol. The van der Waals surface area contributed by atoms with Gasteiger partial charge in [-0.15, -0.1) is 0 Å². The first-order valence-electron chi connectivity index (χ1n) is 1.70. The second-order valence-electron chi connectivity index (χ2n) is 0.847. The Kier molecular flexibility index (Phi) is 27.1. The molecule has 0 saturated heterocycles. The summed E-state index contributed by atoms with van der Waals surface area (Å²) in [5, 5.41) is 7.51. The van der Waals surface area contributed by atoms with Gasteiger partial charge in [-0.2, -0.15) is 5.26 Å². The molecule has 0 saturated carbocycles. The minimum Gasteiger partial charge on any atom is -0.303 e. The van der Waals surface area contributed by atoms with Crippen LogP contribution in [0.4, 0.5) is 0 Å². The molecule has 0 aromatic carbocycles. The third-order valence-electron chi connectivity index (χ3n) is 0.0913. The maximum Gasteiger partial charge on any atom is 0.466 e. The van der Waals surface area contributed by atoms with Gasteiger partial charge in [-0.1, -0.05) is 6.58 Å². The first-order valence-corrected chi connectivity index (χ1v) is 3.27. The summed E-state index contributed by atoms with van der Waals surface area (Å²) in [5.74, 6) is 0. The molecule has 0 aliphatic heterocycles. The molecule has 8 heteroatoms. The third kappa shape index (κ3) is 310. The number of hydrogen-bond donors (Lipinski definition) is 3. The zero-order chi connectivity index (χ0) is 7.91. The SMILES string of the molecule is C=CC#N.O=P(O)(O)O.[AlH3].[Ti]. The first kappa shape index (κ1) is 22.6. The molecule has 0 fully saturated rings. The van der Waals surface area contributed by atoms with Crippen LogP contribution in [0.25, 0.3) is 0 Å². The van der Waals surface area contributed by atoms with Crippen LogP contribution in [0, 0.1) is 11.3 Å². The Bertz CT molecular complexity index is 155. The molecule has 62 valence electrons. The van der Waals surface area contributed by atoms with Gasteiger partial charge in [0.15, 0.2) is 17.4 Å². The number of allylic oxidation sites excluding steroid dienone is 1. The normalized spacial score (nSPS) is 6.73. The van der Waals surface area contributed by atoms with Gasteiger partial charge in [0, 0.05) is 27.8 Å². The summed E-state index contributed by atoms with van der Waals surface area (Å²) in [4.78, 5) is 21.6. The molecule has 0 aromatic heterocycles. The van der Waals surface area contributed by atoms with Crippen LogP contribution >= 0.6 is 7.82 Å². The van der Waals surface area contributed by atoms with Crippen LogP contribution in [-0.2, 0) is 26.3 Å². The number of phosphoric acid groups is 1. The molecule has 0 amide bonds. The number of nitriles is 1. The molecule has 3 N–H and O–H groups in total. The van der Waals surface area contributed by atoms with Gasteiger partial charge >= 0.3 is 7.82 Å². The van der Waals surface area contributed by atoms with Crippen LogP contribution in [0.2, 0.25) is 0 Å². The van der Waals surface area contributed by atoms with Gasteiger partial charge in [0.1, 0.15) is 0 Å². The molecule has 0 rings (SSSR count). The molecule has 0 bridgehead atoms. The van der Waals surface area contributed by atoms with E-state index in [1.165, 1.54) is 6.08 Å². The van der Waals surface area contributed by atoms with Gasteiger partial charge in [0.25, 0.3) is 0 Å². The maximum absolute atomic E-state index is 8.88. The van der Waals surface area contributed by atoms with Crippen molar-refractivity contribution in [3.05, 3.63) is 12.7 Å². The molecular formula is C3H9AlNO4PTi. The Morgan fingerprint density at radius 2 is 1.55 bits per heavy atom. The Labute approximate surface area is 90.0 Å². The molecule has 0 aromatic rings. The molecule has 5 nitrogen and oxygen atoms in total. The molecule has 0 heterocycles. The van der Waals surface area contributed by atoms with Gasteiger partial charge in [0.05, 0.1) is 6.07 Å². The van der Waals surface area contributed by atoms with E-state index in [-0.39, 0.29) is 39.1 Å². The summed E-state index contributed by atoms with van der Waals surface area (Å²) in [5.41, 5.74) is 0. The Hall–Kier alpha value is 0.587. The largest absolute Gasteiger partial charge is 0.466 e. The molecule has 0 spiro atoms. The molecule has 0 aliphatic carbocycles. The average molecular weight is 229 g/mol. The minimum absolute atomic E-state index is 0. The van der Waals surface area contributed by atoms with Crippen molar-refractivity contribution in [2.24, 2.45) is 0 Å². The summed E-state index contributed by atoms with van der Waals surface area (Å²) in [6.07, 6.45) is 1.18. The van der Waals surface area contributed by atoms with Crippen LogP contribution in [0.5, 0.6) is 0 Å². The zero-order valence-electron chi connectivity index (χ0n) is 4.93. The number of hydrogen-bond acceptors (Lipinski definition) is 2. The number of rotatable bonds is 0. The zero-order valence-corrected chi connectivity index (χ0v) is 7.38. The quantitative estimate of drug-likeness (QED) is 0.269. The van der Waals surface area contributed by atoms with Gasteiger partial charge in [-0.05, 0) is 0 Å². The monoisotopic (exact) mass is 229 g/mol. The fourth-order valence-corrected chi connectivity index (χ4v) is 0. The Balaban J connectivity index is -0.0000000383. The third-order valence-corrected chi connectivity index (χ3v) is 0.0913. The molecule has 0 atom stereocenters. The summed E-state index contributed by atoms with van der Waals surface area (Å²) < 4.78 is 8.88. The Morgan fingerprint density at radius 3 is 1.55 bits per heavy atom. The van der Waals surface area contributed by atoms with Gasteiger partial charge < -0.3 is 14.7 Å². The van der Waals surface area contributed by atoms with Crippen molar-refractivity contribution in [1.29, 1.82) is 5.26 Å². The van der Waals surface area contributed by atoms with E-state index in [4.69, 9.17) is 24.5 Å². The summed E-state index contributed by atoms with van der Waals surface area (Å²) in [6.45, 7) is 3.12. The van der Waals surface area contributed by atoms with E-state index in [0.717, 1.165) is 0 Å². The fraction of sp³-hybridized carbons (Fsp3) is 0. The topological polar surface area (TPSA) is 102 Å². The predicted octanol–water partition coefficient (Wildman–Crippen LogP) is -1.42. The van der Waals surface area contributed by atoms with E-state index >= 15 is 0 Å².